The van der Waals surface area contributed by atoms with Crippen molar-refractivity contribution in [3.63, 3.8) is 0 Å². The minimum absolute atomic E-state index is 0.0303. The highest BCUT2D eigenvalue weighted by atomic mass is 35.5. The molecule has 1 heterocycles. The number of amides is 2. The summed E-state index contributed by atoms with van der Waals surface area (Å²) in [5.41, 5.74) is 0.449. The molecule has 9 heteroatoms. The van der Waals surface area contributed by atoms with Gasteiger partial charge in [-0.05, 0) is 18.2 Å². The molecule has 1 aromatic heterocycles. The topological polar surface area (TPSA) is 85.2 Å². The first-order chi connectivity index (χ1) is 10.4. The number of nitrogens with one attached hydrogen (secondary N) is 2. The summed E-state index contributed by atoms with van der Waals surface area (Å²) in [7, 11) is 2.80. The van der Waals surface area contributed by atoms with Gasteiger partial charge in [-0.1, -0.05) is 11.6 Å². The summed E-state index contributed by atoms with van der Waals surface area (Å²) >= 11 is 5.63. The van der Waals surface area contributed by atoms with Crippen molar-refractivity contribution in [3.05, 3.63) is 40.9 Å². The molecule has 2 N–H and O–H groups in total. The van der Waals surface area contributed by atoms with Crippen LogP contribution in [0.15, 0.2) is 24.4 Å². The lowest BCUT2D eigenvalue weighted by Crippen LogP contribution is -2.20. The van der Waals surface area contributed by atoms with E-state index in [1.165, 1.54) is 30.1 Å². The van der Waals surface area contributed by atoms with Crippen molar-refractivity contribution in [1.82, 2.24) is 9.78 Å². The fraction of sp³-hybridized carbons (Fsp3) is 0.154. The summed E-state index contributed by atoms with van der Waals surface area (Å²) in [6.07, 6.45) is 1.45. The number of hydrogen-bond acceptors (Lipinski definition) is 4. The van der Waals surface area contributed by atoms with Gasteiger partial charge in [0.1, 0.15) is 5.82 Å². The zero-order valence-corrected chi connectivity index (χ0v) is 12.4. The van der Waals surface area contributed by atoms with Crippen LogP contribution < -0.4 is 10.6 Å². The Labute approximate surface area is 130 Å². The van der Waals surface area contributed by atoms with Crippen molar-refractivity contribution in [2.75, 3.05) is 17.7 Å². The van der Waals surface area contributed by atoms with Crippen LogP contribution in [-0.4, -0.2) is 28.9 Å². The zero-order chi connectivity index (χ0) is 16.3. The number of carbonyl (C=O) groups excluding carboxylic acids is 2. The molecule has 116 valence electrons. The Morgan fingerprint density at radius 3 is 2.73 bits per heavy atom. The quantitative estimate of drug-likeness (QED) is 0.849. The van der Waals surface area contributed by atoms with Gasteiger partial charge in [0.25, 0.3) is 0 Å². The number of anilines is 2. The maximum Gasteiger partial charge on any atom is 0.360 e. The number of esters is 1. The number of benzene rings is 1. The second-order valence-electron chi connectivity index (χ2n) is 4.26. The van der Waals surface area contributed by atoms with Crippen molar-refractivity contribution >= 4 is 35.0 Å². The van der Waals surface area contributed by atoms with Gasteiger partial charge in [-0.2, -0.15) is 5.10 Å². The maximum absolute atomic E-state index is 13.0. The fourth-order valence-corrected chi connectivity index (χ4v) is 1.87. The number of aromatic nitrogens is 2. The van der Waals surface area contributed by atoms with Gasteiger partial charge in [-0.25, -0.2) is 14.0 Å². The van der Waals surface area contributed by atoms with Gasteiger partial charge < -0.3 is 15.4 Å². The van der Waals surface area contributed by atoms with Gasteiger partial charge in [0, 0.05) is 18.9 Å². The third kappa shape index (κ3) is 3.53. The minimum atomic E-state index is -0.680. The van der Waals surface area contributed by atoms with E-state index < -0.39 is 17.8 Å². The highest BCUT2D eigenvalue weighted by molar-refractivity contribution is 6.31. The van der Waals surface area contributed by atoms with Crippen molar-refractivity contribution < 1.29 is 18.7 Å². The first-order valence-electron chi connectivity index (χ1n) is 6.05. The highest BCUT2D eigenvalue weighted by Gasteiger charge is 2.18. The first kappa shape index (κ1) is 15.8. The van der Waals surface area contributed by atoms with Gasteiger partial charge in [-0.15, -0.1) is 0 Å². The summed E-state index contributed by atoms with van der Waals surface area (Å²) in [6, 6.07) is 3.11. The Morgan fingerprint density at radius 2 is 2.09 bits per heavy atom. The minimum Gasteiger partial charge on any atom is -0.464 e. The zero-order valence-electron chi connectivity index (χ0n) is 11.7. The molecular formula is C13H12ClFN4O3. The number of ether oxygens (including phenoxy) is 1. The third-order valence-corrected chi connectivity index (χ3v) is 2.92. The Kier molecular flexibility index (Phi) is 4.62. The molecule has 22 heavy (non-hydrogen) atoms. The summed E-state index contributed by atoms with van der Waals surface area (Å²) in [6.45, 7) is 0. The first-order valence-corrected chi connectivity index (χ1v) is 6.43. The molecule has 0 saturated carbocycles. The fourth-order valence-electron chi connectivity index (χ4n) is 1.69. The van der Waals surface area contributed by atoms with Gasteiger partial charge >= 0.3 is 12.0 Å². The molecule has 2 amide bonds. The van der Waals surface area contributed by atoms with Crippen molar-refractivity contribution in [1.29, 1.82) is 0 Å². The van der Waals surface area contributed by atoms with E-state index in [-0.39, 0.29) is 16.4 Å². The van der Waals surface area contributed by atoms with E-state index in [2.05, 4.69) is 20.5 Å². The largest absolute Gasteiger partial charge is 0.464 e. The highest BCUT2D eigenvalue weighted by Crippen LogP contribution is 2.20. The van der Waals surface area contributed by atoms with Gasteiger partial charge in [-0.3, -0.25) is 4.68 Å². The summed E-state index contributed by atoms with van der Waals surface area (Å²) < 4.78 is 19.0. The van der Waals surface area contributed by atoms with E-state index in [4.69, 9.17) is 11.6 Å². The molecule has 1 aromatic carbocycles. The molecule has 0 atom stereocenters. The predicted octanol–water partition coefficient (Wildman–Crippen LogP) is 2.64. The Hall–Kier alpha value is -2.61. The molecule has 0 unspecified atom stereocenters. The Morgan fingerprint density at radius 1 is 1.36 bits per heavy atom. The van der Waals surface area contributed by atoms with Crippen LogP contribution in [0.3, 0.4) is 0 Å². The standard InChI is InChI=1S/C13H12ClFN4O3/c1-19-6-10(11(18-19)12(20)22-2)17-13(21)16-7-3-4-9(15)8(14)5-7/h3-6H,1-2H3,(H2,16,17,21). The van der Waals surface area contributed by atoms with Crippen LogP contribution in [0.25, 0.3) is 0 Å². The number of methoxy groups -OCH3 is 1. The van der Waals surface area contributed by atoms with Crippen molar-refractivity contribution in [2.24, 2.45) is 7.05 Å². The summed E-state index contributed by atoms with van der Waals surface area (Å²) in [5.74, 6) is -1.27. The van der Waals surface area contributed by atoms with E-state index in [0.29, 0.717) is 5.69 Å². The van der Waals surface area contributed by atoms with Crippen LogP contribution in [0.1, 0.15) is 10.5 Å². The van der Waals surface area contributed by atoms with Crippen LogP contribution in [0.5, 0.6) is 0 Å². The lowest BCUT2D eigenvalue weighted by Gasteiger charge is -2.07. The van der Waals surface area contributed by atoms with Crippen LogP contribution in [-0.2, 0) is 11.8 Å². The lowest BCUT2D eigenvalue weighted by molar-refractivity contribution is 0.0594. The molecule has 0 saturated heterocycles. The van der Waals surface area contributed by atoms with E-state index in [1.54, 1.807) is 7.05 Å². The molecule has 0 aliphatic carbocycles. The number of aryl methyl sites for hydroxylation is 1. The average Bonchev–Trinajstić information content (AvgIpc) is 2.82. The van der Waals surface area contributed by atoms with Crippen LogP contribution >= 0.6 is 11.6 Å². The number of rotatable bonds is 3. The van der Waals surface area contributed by atoms with Crippen LogP contribution in [0, 0.1) is 5.82 Å². The summed E-state index contributed by atoms with van der Waals surface area (Å²) in [4.78, 5) is 23.4. The van der Waals surface area contributed by atoms with E-state index >= 15 is 0 Å². The lowest BCUT2D eigenvalue weighted by atomic mass is 10.3. The molecule has 0 aliphatic rings. The third-order valence-electron chi connectivity index (χ3n) is 2.63. The molecular weight excluding hydrogens is 315 g/mol. The van der Waals surface area contributed by atoms with Crippen molar-refractivity contribution in [2.45, 2.75) is 0 Å². The number of carbonyl (C=O) groups is 2. The number of hydrogen-bond donors (Lipinski definition) is 2. The summed E-state index contributed by atoms with van der Waals surface area (Å²) in [5, 5.41) is 8.70. The Balaban J connectivity index is 2.12. The van der Waals surface area contributed by atoms with Crippen LogP contribution in [0.2, 0.25) is 5.02 Å². The number of nitrogens with zero attached hydrogens (tertiary/aromatic N) is 2. The molecule has 7 nitrogen and oxygen atoms in total. The normalized spacial score (nSPS) is 10.2. The predicted molar refractivity (Wildman–Crippen MR) is 78.6 cm³/mol. The van der Waals surface area contributed by atoms with Gasteiger partial charge in [0.05, 0.1) is 17.8 Å². The molecule has 2 rings (SSSR count). The second-order valence-corrected chi connectivity index (χ2v) is 4.67. The maximum atomic E-state index is 13.0. The number of urea groups is 1. The van der Waals surface area contributed by atoms with Gasteiger partial charge in [0.2, 0.25) is 0 Å². The monoisotopic (exact) mass is 326 g/mol. The van der Waals surface area contributed by atoms with E-state index in [1.807, 2.05) is 0 Å². The molecule has 0 aliphatic heterocycles. The molecule has 0 fully saturated rings. The van der Waals surface area contributed by atoms with E-state index in [0.717, 1.165) is 6.07 Å². The average molecular weight is 327 g/mol. The van der Waals surface area contributed by atoms with E-state index in [9.17, 15) is 14.0 Å². The van der Waals surface area contributed by atoms with Gasteiger partial charge in [0.15, 0.2) is 5.69 Å². The SMILES string of the molecule is COC(=O)c1nn(C)cc1NC(=O)Nc1ccc(F)c(Cl)c1. The molecule has 0 radical (unpaired) electrons. The molecule has 0 bridgehead atoms. The van der Waals surface area contributed by atoms with Crippen molar-refractivity contribution in [3.8, 4) is 0 Å². The second kappa shape index (κ2) is 6.44. The Bertz CT molecular complexity index is 732. The molecule has 0 spiro atoms. The van der Waals surface area contributed by atoms with Crippen LogP contribution in [0.4, 0.5) is 20.6 Å². The molecule has 2 aromatic rings. The number of halogens is 2. The smallest absolute Gasteiger partial charge is 0.360 e.